The molecule has 0 aliphatic heterocycles. The summed E-state index contributed by atoms with van der Waals surface area (Å²) in [6.45, 7) is 4.28. The third-order valence-electron chi connectivity index (χ3n) is 3.84. The molecule has 1 heterocycles. The maximum absolute atomic E-state index is 12.4. The van der Waals surface area contributed by atoms with Crippen LogP contribution in [0, 0.1) is 0 Å². The summed E-state index contributed by atoms with van der Waals surface area (Å²) in [5, 5.41) is 13.2. The topological polar surface area (TPSA) is 65.5 Å². The van der Waals surface area contributed by atoms with E-state index in [2.05, 4.69) is 10.3 Å². The van der Waals surface area contributed by atoms with Gasteiger partial charge in [-0.15, -0.1) is 0 Å². The number of pyridine rings is 1. The molecule has 0 saturated heterocycles. The molecule has 0 bridgehead atoms. The average molecular weight is 301 g/mol. The van der Waals surface area contributed by atoms with Gasteiger partial charge in [0.2, 0.25) is 5.91 Å². The van der Waals surface area contributed by atoms with E-state index in [1.165, 1.54) is 0 Å². The zero-order valence-electron chi connectivity index (χ0n) is 13.3. The average Bonchev–Trinajstić information content (AvgIpc) is 2.52. The van der Waals surface area contributed by atoms with Crippen molar-refractivity contribution in [2.24, 2.45) is 0 Å². The molecule has 1 aromatic heterocycles. The molecule has 0 aliphatic carbocycles. The molecule has 2 rings (SSSR count). The number of benzene rings is 1. The van der Waals surface area contributed by atoms with Gasteiger partial charge in [-0.25, -0.2) is 0 Å². The zero-order valence-corrected chi connectivity index (χ0v) is 13.3. The second-order valence-electron chi connectivity index (χ2n) is 5.66. The van der Waals surface area contributed by atoms with Gasteiger partial charge in [0, 0.05) is 18.1 Å². The van der Waals surface area contributed by atoms with Gasteiger partial charge in [-0.1, -0.05) is 6.07 Å². The predicted molar refractivity (Wildman–Crippen MR) is 88.8 cm³/mol. The van der Waals surface area contributed by atoms with Crippen molar-refractivity contribution >= 4 is 22.5 Å². The van der Waals surface area contributed by atoms with Crippen molar-refractivity contribution < 1.29 is 9.90 Å². The highest BCUT2D eigenvalue weighted by molar-refractivity contribution is 6.02. The Morgan fingerprint density at radius 1 is 1.32 bits per heavy atom. The molecule has 2 atom stereocenters. The zero-order chi connectivity index (χ0) is 16.1. The molecule has 1 amide bonds. The molecule has 0 fully saturated rings. The number of aliphatic hydroxyl groups excluding tert-OH is 1. The van der Waals surface area contributed by atoms with Gasteiger partial charge in [-0.3, -0.25) is 14.7 Å². The van der Waals surface area contributed by atoms with Gasteiger partial charge in [0.25, 0.3) is 0 Å². The summed E-state index contributed by atoms with van der Waals surface area (Å²) in [5.41, 5.74) is 1.63. The summed E-state index contributed by atoms with van der Waals surface area (Å²) >= 11 is 0. The standard InChI is InChI=1S/C17H23N3O2/c1-12(21)9-11-20(3)13(2)17(22)19-16-8-4-7-15-14(16)6-5-10-18-15/h4-8,10,12-13,21H,9,11H2,1-3H3,(H,19,22). The van der Waals surface area contributed by atoms with Crippen LogP contribution in [0.4, 0.5) is 5.69 Å². The van der Waals surface area contributed by atoms with Crippen LogP contribution in [0.1, 0.15) is 20.3 Å². The van der Waals surface area contributed by atoms with E-state index in [0.29, 0.717) is 13.0 Å². The number of anilines is 1. The second-order valence-corrected chi connectivity index (χ2v) is 5.66. The third-order valence-corrected chi connectivity index (χ3v) is 3.84. The maximum Gasteiger partial charge on any atom is 0.241 e. The fraction of sp³-hybridized carbons (Fsp3) is 0.412. The third kappa shape index (κ3) is 4.02. The Morgan fingerprint density at radius 3 is 2.82 bits per heavy atom. The SMILES string of the molecule is CC(O)CCN(C)C(C)C(=O)Nc1cccc2ncccc12. The number of amides is 1. The maximum atomic E-state index is 12.4. The molecule has 0 aliphatic rings. The first-order chi connectivity index (χ1) is 10.5. The van der Waals surface area contributed by atoms with Crippen molar-refractivity contribution in [3.05, 3.63) is 36.5 Å². The minimum absolute atomic E-state index is 0.0653. The monoisotopic (exact) mass is 301 g/mol. The molecular formula is C17H23N3O2. The first-order valence-corrected chi connectivity index (χ1v) is 7.52. The van der Waals surface area contributed by atoms with E-state index in [0.717, 1.165) is 16.6 Å². The summed E-state index contributed by atoms with van der Waals surface area (Å²) in [7, 11) is 1.89. The van der Waals surface area contributed by atoms with E-state index in [-0.39, 0.29) is 18.1 Å². The van der Waals surface area contributed by atoms with E-state index in [9.17, 15) is 9.90 Å². The first-order valence-electron chi connectivity index (χ1n) is 7.52. The molecule has 5 nitrogen and oxygen atoms in total. The van der Waals surface area contributed by atoms with Gasteiger partial charge >= 0.3 is 0 Å². The summed E-state index contributed by atoms with van der Waals surface area (Å²) in [6, 6.07) is 9.21. The summed E-state index contributed by atoms with van der Waals surface area (Å²) in [5.74, 6) is -0.0653. The minimum Gasteiger partial charge on any atom is -0.393 e. The molecule has 118 valence electrons. The van der Waals surface area contributed by atoms with Crippen LogP contribution in [0.5, 0.6) is 0 Å². The summed E-state index contributed by atoms with van der Waals surface area (Å²) in [4.78, 5) is 18.6. The minimum atomic E-state index is -0.359. The van der Waals surface area contributed by atoms with E-state index in [1.807, 2.05) is 49.2 Å². The molecule has 0 saturated carbocycles. The molecule has 0 radical (unpaired) electrons. The molecule has 2 aromatic rings. The molecule has 0 spiro atoms. The predicted octanol–water partition coefficient (Wildman–Crippen LogP) is 2.26. The van der Waals surface area contributed by atoms with E-state index in [4.69, 9.17) is 0 Å². The number of hydrogen-bond acceptors (Lipinski definition) is 4. The number of nitrogens with one attached hydrogen (secondary N) is 1. The summed E-state index contributed by atoms with van der Waals surface area (Å²) < 4.78 is 0. The summed E-state index contributed by atoms with van der Waals surface area (Å²) in [6.07, 6.45) is 2.02. The van der Waals surface area contributed by atoms with Crippen molar-refractivity contribution in [3.8, 4) is 0 Å². The molecule has 2 unspecified atom stereocenters. The molecule has 22 heavy (non-hydrogen) atoms. The van der Waals surface area contributed by atoms with Gasteiger partial charge in [0.15, 0.2) is 0 Å². The van der Waals surface area contributed by atoms with Crippen LogP contribution in [-0.4, -0.2) is 46.6 Å². The lowest BCUT2D eigenvalue weighted by Gasteiger charge is -2.24. The highest BCUT2D eigenvalue weighted by atomic mass is 16.3. The van der Waals surface area contributed by atoms with Crippen molar-refractivity contribution in [1.29, 1.82) is 0 Å². The van der Waals surface area contributed by atoms with Crippen LogP contribution in [0.15, 0.2) is 36.5 Å². The number of fused-ring (bicyclic) bond motifs is 1. The van der Waals surface area contributed by atoms with E-state index < -0.39 is 0 Å². The largest absolute Gasteiger partial charge is 0.393 e. The van der Waals surface area contributed by atoms with Crippen LogP contribution < -0.4 is 5.32 Å². The van der Waals surface area contributed by atoms with Crippen molar-refractivity contribution in [1.82, 2.24) is 9.88 Å². The van der Waals surface area contributed by atoms with Crippen LogP contribution in [0.2, 0.25) is 0 Å². The Hall–Kier alpha value is -1.98. The first kappa shape index (κ1) is 16.4. The van der Waals surface area contributed by atoms with E-state index >= 15 is 0 Å². The van der Waals surface area contributed by atoms with Crippen LogP contribution in [0.3, 0.4) is 0 Å². The van der Waals surface area contributed by atoms with Gasteiger partial charge in [-0.2, -0.15) is 0 Å². The number of carbonyl (C=O) groups excluding carboxylic acids is 1. The fourth-order valence-electron chi connectivity index (χ4n) is 2.23. The lowest BCUT2D eigenvalue weighted by atomic mass is 10.1. The molecular weight excluding hydrogens is 278 g/mol. The Balaban J connectivity index is 2.07. The van der Waals surface area contributed by atoms with Crippen LogP contribution in [-0.2, 0) is 4.79 Å². The Kier molecular flexibility index (Phi) is 5.46. The normalized spacial score (nSPS) is 14.0. The van der Waals surface area contributed by atoms with Gasteiger partial charge < -0.3 is 10.4 Å². The Bertz CT molecular complexity index is 637. The Morgan fingerprint density at radius 2 is 2.09 bits per heavy atom. The van der Waals surface area contributed by atoms with Gasteiger partial charge in [-0.05, 0) is 51.6 Å². The quantitative estimate of drug-likeness (QED) is 0.859. The van der Waals surface area contributed by atoms with Crippen LogP contribution in [0.25, 0.3) is 10.9 Å². The van der Waals surface area contributed by atoms with Crippen molar-refractivity contribution in [3.63, 3.8) is 0 Å². The lowest BCUT2D eigenvalue weighted by molar-refractivity contribution is -0.120. The van der Waals surface area contributed by atoms with Crippen molar-refractivity contribution in [2.75, 3.05) is 18.9 Å². The number of aromatic nitrogens is 1. The van der Waals surface area contributed by atoms with Gasteiger partial charge in [0.05, 0.1) is 23.3 Å². The lowest BCUT2D eigenvalue weighted by Crippen LogP contribution is -2.40. The molecule has 2 N–H and O–H groups in total. The number of carbonyl (C=O) groups is 1. The number of hydrogen-bond donors (Lipinski definition) is 2. The second kappa shape index (κ2) is 7.33. The number of rotatable bonds is 6. The smallest absolute Gasteiger partial charge is 0.241 e. The van der Waals surface area contributed by atoms with Gasteiger partial charge in [0.1, 0.15) is 0 Å². The highest BCUT2D eigenvalue weighted by Crippen LogP contribution is 2.21. The van der Waals surface area contributed by atoms with Crippen molar-refractivity contribution in [2.45, 2.75) is 32.4 Å². The molecule has 1 aromatic carbocycles. The fourth-order valence-corrected chi connectivity index (χ4v) is 2.23. The van der Waals surface area contributed by atoms with E-state index in [1.54, 1.807) is 13.1 Å². The van der Waals surface area contributed by atoms with Crippen LogP contribution >= 0.6 is 0 Å². The Labute approximate surface area is 131 Å². The number of likely N-dealkylation sites (N-methyl/N-ethyl adjacent to an activating group) is 1. The number of aliphatic hydroxyl groups is 1. The molecule has 5 heteroatoms. The number of nitrogens with zero attached hydrogens (tertiary/aromatic N) is 2. The highest BCUT2D eigenvalue weighted by Gasteiger charge is 2.19.